The van der Waals surface area contributed by atoms with Gasteiger partial charge in [-0.05, 0) is 37.5 Å². The van der Waals surface area contributed by atoms with Crippen molar-refractivity contribution in [3.63, 3.8) is 0 Å². The van der Waals surface area contributed by atoms with E-state index in [4.69, 9.17) is 0 Å². The first kappa shape index (κ1) is 12.7. The van der Waals surface area contributed by atoms with E-state index >= 15 is 0 Å². The molecular weight excluding hydrogens is 313 g/mol. The molecule has 0 aliphatic heterocycles. The van der Waals surface area contributed by atoms with Crippen LogP contribution in [0.1, 0.15) is 25.7 Å². The smallest absolute Gasteiger partial charge is 0.208 e. The third kappa shape index (κ3) is 4.93. The van der Waals surface area contributed by atoms with Gasteiger partial charge in [0.2, 0.25) is 10.0 Å². The molecule has 0 unspecified atom stereocenters. The molecule has 3 nitrogen and oxygen atoms in total. The predicted octanol–water partition coefficient (Wildman–Crippen LogP) is 1.78. The summed E-state index contributed by atoms with van der Waals surface area (Å²) in [6, 6.07) is 0. The Hall–Kier alpha value is 0.640. The maximum absolute atomic E-state index is 10.9. The van der Waals surface area contributed by atoms with Crippen LogP contribution in [0, 0.1) is 11.8 Å². The quantitative estimate of drug-likeness (QED) is 0.630. The van der Waals surface area contributed by atoms with E-state index in [0.29, 0.717) is 12.5 Å². The molecule has 0 aromatic carbocycles. The maximum atomic E-state index is 10.9. The molecule has 0 aromatic rings. The van der Waals surface area contributed by atoms with Crippen molar-refractivity contribution in [2.24, 2.45) is 11.8 Å². The lowest BCUT2D eigenvalue weighted by molar-refractivity contribution is 0.296. The molecule has 14 heavy (non-hydrogen) atoms. The average Bonchev–Trinajstić information content (AvgIpc) is 2.14. The number of rotatable bonds is 4. The van der Waals surface area contributed by atoms with Gasteiger partial charge in [0.25, 0.3) is 0 Å². The van der Waals surface area contributed by atoms with Crippen LogP contribution in [0.3, 0.4) is 0 Å². The fourth-order valence-corrected chi connectivity index (χ4v) is 3.28. The molecule has 84 valence electrons. The van der Waals surface area contributed by atoms with Crippen LogP contribution in [-0.4, -0.2) is 25.6 Å². The van der Waals surface area contributed by atoms with E-state index < -0.39 is 10.0 Å². The predicted molar refractivity (Wildman–Crippen MR) is 67.2 cm³/mol. The van der Waals surface area contributed by atoms with Crippen LogP contribution >= 0.6 is 22.6 Å². The summed E-state index contributed by atoms with van der Waals surface area (Å²) in [4.78, 5) is 0. The lowest BCUT2D eigenvalue weighted by Crippen LogP contribution is -2.30. The molecule has 0 spiro atoms. The van der Waals surface area contributed by atoms with Crippen LogP contribution in [0.4, 0.5) is 0 Å². The minimum atomic E-state index is -2.99. The van der Waals surface area contributed by atoms with Crippen molar-refractivity contribution in [3.05, 3.63) is 0 Å². The van der Waals surface area contributed by atoms with Gasteiger partial charge in [-0.15, -0.1) is 0 Å². The average molecular weight is 331 g/mol. The van der Waals surface area contributed by atoms with Gasteiger partial charge in [-0.25, -0.2) is 13.1 Å². The van der Waals surface area contributed by atoms with E-state index in [9.17, 15) is 8.42 Å². The van der Waals surface area contributed by atoms with Gasteiger partial charge in [0.05, 0.1) is 6.26 Å². The Morgan fingerprint density at radius 3 is 2.14 bits per heavy atom. The van der Waals surface area contributed by atoms with Crippen molar-refractivity contribution in [1.29, 1.82) is 0 Å². The van der Waals surface area contributed by atoms with Gasteiger partial charge in [-0.1, -0.05) is 22.6 Å². The molecule has 1 aliphatic carbocycles. The SMILES string of the molecule is CS(=O)(=O)NCC1CCC(CI)CC1. The fraction of sp³-hybridized carbons (Fsp3) is 1.00. The van der Waals surface area contributed by atoms with Gasteiger partial charge in [0, 0.05) is 11.0 Å². The van der Waals surface area contributed by atoms with E-state index in [1.54, 1.807) is 0 Å². The van der Waals surface area contributed by atoms with Gasteiger partial charge in [-0.2, -0.15) is 0 Å². The first-order valence-corrected chi connectivity index (χ1v) is 8.43. The molecule has 0 aromatic heterocycles. The topological polar surface area (TPSA) is 46.2 Å². The molecule has 1 fully saturated rings. The Morgan fingerprint density at radius 2 is 1.71 bits per heavy atom. The molecule has 0 amide bonds. The van der Waals surface area contributed by atoms with Crippen LogP contribution in [0.25, 0.3) is 0 Å². The molecule has 0 atom stereocenters. The van der Waals surface area contributed by atoms with Crippen LogP contribution in [0.15, 0.2) is 0 Å². The highest BCUT2D eigenvalue weighted by Crippen LogP contribution is 2.29. The molecule has 1 aliphatic rings. The minimum absolute atomic E-state index is 0.559. The number of hydrogen-bond donors (Lipinski definition) is 1. The van der Waals surface area contributed by atoms with Crippen molar-refractivity contribution in [2.75, 3.05) is 17.2 Å². The lowest BCUT2D eigenvalue weighted by Gasteiger charge is -2.27. The van der Waals surface area contributed by atoms with E-state index in [2.05, 4.69) is 27.3 Å². The van der Waals surface area contributed by atoms with Crippen LogP contribution in [-0.2, 0) is 10.0 Å². The minimum Gasteiger partial charge on any atom is -0.215 e. The zero-order chi connectivity index (χ0) is 10.6. The highest BCUT2D eigenvalue weighted by molar-refractivity contribution is 14.1. The summed E-state index contributed by atoms with van der Waals surface area (Å²) in [5.41, 5.74) is 0. The second-order valence-corrected chi connectivity index (χ2v) is 6.88. The highest BCUT2D eigenvalue weighted by atomic mass is 127. The van der Waals surface area contributed by atoms with Gasteiger partial charge >= 0.3 is 0 Å². The standard InChI is InChI=1S/C9H18INO2S/c1-14(12,13)11-7-9-4-2-8(6-10)3-5-9/h8-9,11H,2-7H2,1H3. The van der Waals surface area contributed by atoms with Crippen LogP contribution in [0.2, 0.25) is 0 Å². The molecule has 0 bridgehead atoms. The highest BCUT2D eigenvalue weighted by Gasteiger charge is 2.20. The summed E-state index contributed by atoms with van der Waals surface area (Å²) in [5, 5.41) is 0. The maximum Gasteiger partial charge on any atom is 0.208 e. The van der Waals surface area contributed by atoms with Crippen molar-refractivity contribution in [1.82, 2.24) is 4.72 Å². The largest absolute Gasteiger partial charge is 0.215 e. The molecular formula is C9H18INO2S. The second kappa shape index (κ2) is 5.65. The van der Waals surface area contributed by atoms with E-state index in [0.717, 1.165) is 5.92 Å². The normalized spacial score (nSPS) is 29.0. The van der Waals surface area contributed by atoms with Crippen LogP contribution < -0.4 is 4.72 Å². The number of hydrogen-bond acceptors (Lipinski definition) is 2. The molecule has 1 saturated carbocycles. The van der Waals surface area contributed by atoms with Gasteiger partial charge < -0.3 is 0 Å². The summed E-state index contributed by atoms with van der Waals surface area (Å²) in [7, 11) is -2.99. The van der Waals surface area contributed by atoms with E-state index in [-0.39, 0.29) is 0 Å². The number of alkyl halides is 1. The Labute approximate surface area is 100 Å². The van der Waals surface area contributed by atoms with Crippen molar-refractivity contribution in [3.8, 4) is 0 Å². The van der Waals surface area contributed by atoms with Crippen LogP contribution in [0.5, 0.6) is 0 Å². The number of nitrogens with one attached hydrogen (secondary N) is 1. The Kier molecular flexibility index (Phi) is 5.13. The zero-order valence-corrected chi connectivity index (χ0v) is 11.5. The Bertz CT molecular complexity index is 258. The van der Waals surface area contributed by atoms with Crippen molar-refractivity contribution < 1.29 is 8.42 Å². The molecule has 0 radical (unpaired) electrons. The van der Waals surface area contributed by atoms with E-state index in [1.165, 1.54) is 36.4 Å². The molecule has 1 rings (SSSR count). The van der Waals surface area contributed by atoms with Gasteiger partial charge in [-0.3, -0.25) is 0 Å². The zero-order valence-electron chi connectivity index (χ0n) is 8.50. The molecule has 0 heterocycles. The monoisotopic (exact) mass is 331 g/mol. The Morgan fingerprint density at radius 1 is 1.21 bits per heavy atom. The summed E-state index contributed by atoms with van der Waals surface area (Å²) in [6.45, 7) is 0.632. The van der Waals surface area contributed by atoms with Gasteiger partial charge in [0.1, 0.15) is 0 Å². The summed E-state index contributed by atoms with van der Waals surface area (Å²) >= 11 is 2.44. The summed E-state index contributed by atoms with van der Waals surface area (Å²) in [5.74, 6) is 1.43. The summed E-state index contributed by atoms with van der Waals surface area (Å²) < 4.78 is 25.6. The molecule has 0 saturated heterocycles. The fourth-order valence-electron chi connectivity index (χ4n) is 1.86. The van der Waals surface area contributed by atoms with E-state index in [1.807, 2.05) is 0 Å². The lowest BCUT2D eigenvalue weighted by atomic mass is 9.83. The third-order valence-electron chi connectivity index (χ3n) is 2.82. The number of halogens is 1. The number of sulfonamides is 1. The summed E-state index contributed by atoms with van der Waals surface area (Å²) in [6.07, 6.45) is 6.11. The second-order valence-electron chi connectivity index (χ2n) is 4.16. The third-order valence-corrected chi connectivity index (χ3v) is 4.76. The first-order chi connectivity index (χ1) is 6.51. The molecule has 5 heteroatoms. The van der Waals surface area contributed by atoms with Crippen molar-refractivity contribution >= 4 is 32.6 Å². The molecule has 1 N–H and O–H groups in total. The first-order valence-electron chi connectivity index (χ1n) is 5.02. The van der Waals surface area contributed by atoms with Gasteiger partial charge in [0.15, 0.2) is 0 Å². The Balaban J connectivity index is 2.23. The van der Waals surface area contributed by atoms with Crippen molar-refractivity contribution in [2.45, 2.75) is 25.7 Å².